The molecule has 0 aliphatic rings. The Labute approximate surface area is 108 Å². The van der Waals surface area contributed by atoms with Crippen LogP contribution in [-0.2, 0) is 0 Å². The number of halogens is 1. The van der Waals surface area contributed by atoms with Gasteiger partial charge in [0.1, 0.15) is 5.75 Å². The molecule has 6 heteroatoms. The largest absolute Gasteiger partial charge is 0.478 e. The highest BCUT2D eigenvalue weighted by Gasteiger charge is 2.07. The van der Waals surface area contributed by atoms with E-state index < -0.39 is 5.97 Å². The maximum Gasteiger partial charge on any atom is 0.338 e. The zero-order valence-corrected chi connectivity index (χ0v) is 10.2. The summed E-state index contributed by atoms with van der Waals surface area (Å²) in [7, 11) is 0. The molecule has 0 bridgehead atoms. The van der Waals surface area contributed by atoms with Crippen LogP contribution in [0.2, 0.25) is 5.02 Å². The van der Waals surface area contributed by atoms with Crippen molar-refractivity contribution in [1.29, 1.82) is 0 Å². The van der Waals surface area contributed by atoms with Gasteiger partial charge in [0, 0.05) is 12.4 Å². The van der Waals surface area contributed by atoms with E-state index in [-0.39, 0.29) is 11.6 Å². The van der Waals surface area contributed by atoms with Crippen molar-refractivity contribution in [1.82, 2.24) is 9.97 Å². The standard InChI is InChI=1S/C12H9ClN2O3/c1-7-2-3-10(9(13)4-7)18-12-14-5-8(6-15-12)11(16)17/h2-6H,1H3,(H,16,17). The van der Waals surface area contributed by atoms with Crippen molar-refractivity contribution in [2.75, 3.05) is 0 Å². The van der Waals surface area contributed by atoms with E-state index in [1.165, 1.54) is 12.4 Å². The number of carboxylic acid groups (broad SMARTS) is 1. The van der Waals surface area contributed by atoms with Crippen molar-refractivity contribution >= 4 is 17.6 Å². The molecule has 0 saturated carbocycles. The van der Waals surface area contributed by atoms with Crippen LogP contribution in [0.15, 0.2) is 30.6 Å². The predicted octanol–water partition coefficient (Wildman–Crippen LogP) is 2.93. The molecule has 2 aromatic rings. The third kappa shape index (κ3) is 2.75. The van der Waals surface area contributed by atoms with E-state index >= 15 is 0 Å². The number of nitrogens with zero attached hydrogens (tertiary/aromatic N) is 2. The van der Waals surface area contributed by atoms with Crippen molar-refractivity contribution < 1.29 is 14.6 Å². The fraction of sp³-hybridized carbons (Fsp3) is 0.0833. The summed E-state index contributed by atoms with van der Waals surface area (Å²) in [4.78, 5) is 18.2. The smallest absolute Gasteiger partial charge is 0.338 e. The van der Waals surface area contributed by atoms with E-state index in [9.17, 15) is 4.79 Å². The van der Waals surface area contributed by atoms with Gasteiger partial charge in [-0.1, -0.05) is 17.7 Å². The summed E-state index contributed by atoms with van der Waals surface area (Å²) in [6.07, 6.45) is 2.35. The maximum absolute atomic E-state index is 10.6. The molecule has 0 amide bonds. The second kappa shape index (κ2) is 5.01. The Morgan fingerprint density at radius 1 is 1.33 bits per heavy atom. The zero-order valence-electron chi connectivity index (χ0n) is 9.42. The molecule has 1 N–H and O–H groups in total. The first-order chi connectivity index (χ1) is 8.56. The first kappa shape index (κ1) is 12.3. The molecule has 0 aliphatic carbocycles. The van der Waals surface area contributed by atoms with Crippen LogP contribution in [0.5, 0.6) is 11.8 Å². The highest BCUT2D eigenvalue weighted by molar-refractivity contribution is 6.32. The summed E-state index contributed by atoms with van der Waals surface area (Å²) in [5, 5.41) is 9.14. The van der Waals surface area contributed by atoms with Gasteiger partial charge in [-0.2, -0.15) is 0 Å². The van der Waals surface area contributed by atoms with Gasteiger partial charge in [0.05, 0.1) is 10.6 Å². The van der Waals surface area contributed by atoms with Gasteiger partial charge in [0.15, 0.2) is 0 Å². The fourth-order valence-corrected chi connectivity index (χ4v) is 1.54. The number of aromatic nitrogens is 2. The molecule has 2 rings (SSSR count). The molecule has 92 valence electrons. The molecule has 18 heavy (non-hydrogen) atoms. The molecular weight excluding hydrogens is 256 g/mol. The van der Waals surface area contributed by atoms with Crippen molar-refractivity contribution in [3.63, 3.8) is 0 Å². The number of carbonyl (C=O) groups is 1. The lowest BCUT2D eigenvalue weighted by Gasteiger charge is -2.06. The van der Waals surface area contributed by atoms with E-state index in [4.69, 9.17) is 21.4 Å². The summed E-state index contributed by atoms with van der Waals surface area (Å²) in [6, 6.07) is 5.34. The van der Waals surface area contributed by atoms with Crippen molar-refractivity contribution in [3.05, 3.63) is 46.7 Å². The number of aromatic carboxylic acids is 1. The molecule has 0 spiro atoms. The number of aryl methyl sites for hydroxylation is 1. The van der Waals surface area contributed by atoms with Crippen molar-refractivity contribution in [2.45, 2.75) is 6.92 Å². The second-order valence-electron chi connectivity index (χ2n) is 3.60. The average Bonchev–Trinajstić information content (AvgIpc) is 2.33. The Bertz CT molecular complexity index is 584. The number of hydrogen-bond donors (Lipinski definition) is 1. The van der Waals surface area contributed by atoms with E-state index in [2.05, 4.69) is 9.97 Å². The lowest BCUT2D eigenvalue weighted by Crippen LogP contribution is -2.00. The highest BCUT2D eigenvalue weighted by Crippen LogP contribution is 2.28. The minimum Gasteiger partial charge on any atom is -0.478 e. The Morgan fingerprint density at radius 3 is 2.56 bits per heavy atom. The monoisotopic (exact) mass is 264 g/mol. The summed E-state index contributed by atoms with van der Waals surface area (Å²) in [6.45, 7) is 1.91. The van der Waals surface area contributed by atoms with Crippen LogP contribution in [0, 0.1) is 6.92 Å². The predicted molar refractivity (Wildman–Crippen MR) is 65.3 cm³/mol. The molecule has 1 aromatic heterocycles. The second-order valence-corrected chi connectivity index (χ2v) is 4.00. The number of ether oxygens (including phenoxy) is 1. The molecule has 5 nitrogen and oxygen atoms in total. The minimum atomic E-state index is -1.09. The van der Waals surface area contributed by atoms with E-state index in [1.807, 2.05) is 13.0 Å². The third-order valence-electron chi connectivity index (χ3n) is 2.16. The van der Waals surface area contributed by atoms with Crippen molar-refractivity contribution in [2.24, 2.45) is 0 Å². The average molecular weight is 265 g/mol. The molecule has 1 aromatic carbocycles. The van der Waals surface area contributed by atoms with Crippen LogP contribution >= 0.6 is 11.6 Å². The molecule has 0 atom stereocenters. The van der Waals surface area contributed by atoms with Gasteiger partial charge in [-0.05, 0) is 24.6 Å². The first-order valence-corrected chi connectivity index (χ1v) is 5.43. The van der Waals surface area contributed by atoms with E-state index in [0.29, 0.717) is 10.8 Å². The van der Waals surface area contributed by atoms with Crippen LogP contribution in [0.1, 0.15) is 15.9 Å². The van der Waals surface area contributed by atoms with E-state index in [1.54, 1.807) is 12.1 Å². The molecule has 0 unspecified atom stereocenters. The quantitative estimate of drug-likeness (QED) is 0.923. The summed E-state index contributed by atoms with van der Waals surface area (Å²) < 4.78 is 5.35. The lowest BCUT2D eigenvalue weighted by atomic mass is 10.2. The summed E-state index contributed by atoms with van der Waals surface area (Å²) in [5.74, 6) is -0.666. The van der Waals surface area contributed by atoms with Crippen LogP contribution in [0.4, 0.5) is 0 Å². The minimum absolute atomic E-state index is 0.00245. The van der Waals surface area contributed by atoms with Gasteiger partial charge < -0.3 is 9.84 Å². The normalized spacial score (nSPS) is 10.1. The molecular formula is C12H9ClN2O3. The van der Waals surface area contributed by atoms with Crippen LogP contribution in [-0.4, -0.2) is 21.0 Å². The summed E-state index contributed by atoms with van der Waals surface area (Å²) >= 11 is 5.99. The Balaban J connectivity index is 2.21. The molecule has 0 aliphatic heterocycles. The topological polar surface area (TPSA) is 72.3 Å². The molecule has 0 fully saturated rings. The van der Waals surface area contributed by atoms with Crippen LogP contribution in [0.25, 0.3) is 0 Å². The fourth-order valence-electron chi connectivity index (χ4n) is 1.27. The molecule has 0 saturated heterocycles. The van der Waals surface area contributed by atoms with Gasteiger partial charge >= 0.3 is 12.0 Å². The number of rotatable bonds is 3. The lowest BCUT2D eigenvalue weighted by molar-refractivity contribution is 0.0696. The Morgan fingerprint density at radius 2 is 2.00 bits per heavy atom. The SMILES string of the molecule is Cc1ccc(Oc2ncc(C(=O)O)cn2)c(Cl)c1. The Hall–Kier alpha value is -2.14. The Kier molecular flexibility index (Phi) is 3.43. The van der Waals surface area contributed by atoms with Gasteiger partial charge in [0.25, 0.3) is 0 Å². The van der Waals surface area contributed by atoms with Crippen LogP contribution < -0.4 is 4.74 Å². The molecule has 1 heterocycles. The number of carboxylic acids is 1. The van der Waals surface area contributed by atoms with Crippen LogP contribution in [0.3, 0.4) is 0 Å². The van der Waals surface area contributed by atoms with Gasteiger partial charge in [-0.15, -0.1) is 0 Å². The van der Waals surface area contributed by atoms with E-state index in [0.717, 1.165) is 5.56 Å². The highest BCUT2D eigenvalue weighted by atomic mass is 35.5. The van der Waals surface area contributed by atoms with Gasteiger partial charge in [0.2, 0.25) is 0 Å². The molecule has 0 radical (unpaired) electrons. The first-order valence-electron chi connectivity index (χ1n) is 5.05. The van der Waals surface area contributed by atoms with Gasteiger partial charge in [-0.3, -0.25) is 0 Å². The number of benzene rings is 1. The van der Waals surface area contributed by atoms with Crippen molar-refractivity contribution in [3.8, 4) is 11.8 Å². The number of hydrogen-bond acceptors (Lipinski definition) is 4. The third-order valence-corrected chi connectivity index (χ3v) is 2.46. The summed E-state index contributed by atoms with van der Waals surface area (Å²) in [5.41, 5.74) is 1.01. The zero-order chi connectivity index (χ0) is 13.1. The van der Waals surface area contributed by atoms with Gasteiger partial charge in [-0.25, -0.2) is 14.8 Å². The maximum atomic E-state index is 10.6.